The van der Waals surface area contributed by atoms with Crippen molar-refractivity contribution in [3.63, 3.8) is 0 Å². The van der Waals surface area contributed by atoms with Gasteiger partial charge < -0.3 is 14.4 Å². The summed E-state index contributed by atoms with van der Waals surface area (Å²) in [5.41, 5.74) is 0. The van der Waals surface area contributed by atoms with E-state index in [-0.39, 0.29) is 18.1 Å². The van der Waals surface area contributed by atoms with Gasteiger partial charge in [0.15, 0.2) is 0 Å². The van der Waals surface area contributed by atoms with Crippen LogP contribution in [0.25, 0.3) is 0 Å². The predicted molar refractivity (Wildman–Crippen MR) is 63.7 cm³/mol. The highest BCUT2D eigenvalue weighted by Gasteiger charge is 2.29. The number of alkyl halides is 1. The second kappa shape index (κ2) is 5.98. The van der Waals surface area contributed by atoms with E-state index >= 15 is 0 Å². The number of amides is 1. The molecule has 0 N–H and O–H groups in total. The normalized spacial score (nSPS) is 30.7. The number of carbonyl (C=O) groups excluding carboxylic acids is 1. The van der Waals surface area contributed by atoms with Gasteiger partial charge in [-0.1, -0.05) is 15.9 Å². The van der Waals surface area contributed by atoms with E-state index in [9.17, 15) is 4.79 Å². The van der Waals surface area contributed by atoms with E-state index in [0.717, 1.165) is 24.8 Å². The Morgan fingerprint density at radius 1 is 1.44 bits per heavy atom. The average molecular weight is 292 g/mol. The van der Waals surface area contributed by atoms with Crippen LogP contribution in [0, 0.1) is 0 Å². The molecule has 92 valence electrons. The molecule has 4 nitrogen and oxygen atoms in total. The Morgan fingerprint density at radius 2 is 2.31 bits per heavy atom. The summed E-state index contributed by atoms with van der Waals surface area (Å²) in [5.74, 6) is 0.208. The van der Waals surface area contributed by atoms with Gasteiger partial charge in [-0.15, -0.1) is 0 Å². The first-order valence-corrected chi connectivity index (χ1v) is 6.98. The fourth-order valence-electron chi connectivity index (χ4n) is 2.23. The average Bonchev–Trinajstić information content (AvgIpc) is 2.81. The van der Waals surface area contributed by atoms with Crippen molar-refractivity contribution in [2.45, 2.75) is 31.4 Å². The van der Waals surface area contributed by atoms with Crippen LogP contribution < -0.4 is 0 Å². The molecule has 2 rings (SSSR count). The minimum atomic E-state index is 0.145. The van der Waals surface area contributed by atoms with Crippen LogP contribution in [0.5, 0.6) is 0 Å². The van der Waals surface area contributed by atoms with Crippen LogP contribution in [0.15, 0.2) is 0 Å². The Balaban J connectivity index is 1.86. The lowest BCUT2D eigenvalue weighted by molar-refractivity contribution is -0.141. The molecule has 2 saturated heterocycles. The molecule has 2 aliphatic rings. The molecule has 5 heteroatoms. The van der Waals surface area contributed by atoms with E-state index in [0.29, 0.717) is 26.2 Å². The van der Waals surface area contributed by atoms with Gasteiger partial charge in [-0.25, -0.2) is 0 Å². The second-order valence-corrected chi connectivity index (χ2v) is 4.96. The molecule has 2 aliphatic heterocycles. The highest BCUT2D eigenvalue weighted by molar-refractivity contribution is 9.09. The van der Waals surface area contributed by atoms with E-state index in [1.54, 1.807) is 0 Å². The van der Waals surface area contributed by atoms with Crippen LogP contribution in [0.3, 0.4) is 0 Å². The lowest BCUT2D eigenvalue weighted by Crippen LogP contribution is -2.50. The summed E-state index contributed by atoms with van der Waals surface area (Å²) in [6, 6.07) is 0.183. The number of carbonyl (C=O) groups is 1. The topological polar surface area (TPSA) is 38.8 Å². The molecular weight excluding hydrogens is 274 g/mol. The number of ether oxygens (including phenoxy) is 2. The number of rotatable bonds is 3. The van der Waals surface area contributed by atoms with Gasteiger partial charge in [-0.2, -0.15) is 0 Å². The van der Waals surface area contributed by atoms with E-state index in [4.69, 9.17) is 9.47 Å². The van der Waals surface area contributed by atoms with Crippen LogP contribution >= 0.6 is 15.9 Å². The fraction of sp³-hybridized carbons (Fsp3) is 0.909. The van der Waals surface area contributed by atoms with Crippen LogP contribution in [0.1, 0.15) is 19.3 Å². The quantitative estimate of drug-likeness (QED) is 0.733. The van der Waals surface area contributed by atoms with E-state index in [1.165, 1.54) is 0 Å². The van der Waals surface area contributed by atoms with Crippen LogP contribution in [-0.2, 0) is 14.3 Å². The summed E-state index contributed by atoms with van der Waals surface area (Å²) in [5, 5.41) is 0.782. The molecule has 0 bridgehead atoms. The summed E-state index contributed by atoms with van der Waals surface area (Å²) >= 11 is 3.43. The van der Waals surface area contributed by atoms with Crippen molar-refractivity contribution in [1.29, 1.82) is 0 Å². The predicted octanol–water partition coefficient (Wildman–Crippen LogP) is 1.18. The lowest BCUT2D eigenvalue weighted by atomic mass is 10.1. The van der Waals surface area contributed by atoms with Crippen molar-refractivity contribution in [1.82, 2.24) is 4.90 Å². The standard InChI is InChI=1S/C11H18BrNO3/c12-7-9-8-15-5-3-13(9)11(14)6-10-2-1-4-16-10/h9-10H,1-8H2. The molecule has 0 aliphatic carbocycles. The minimum absolute atomic E-state index is 0.145. The summed E-state index contributed by atoms with van der Waals surface area (Å²) in [7, 11) is 0. The Labute approximate surface area is 104 Å². The fourth-order valence-corrected chi connectivity index (χ4v) is 2.76. The zero-order valence-corrected chi connectivity index (χ0v) is 10.9. The van der Waals surface area contributed by atoms with Gasteiger partial charge in [-0.3, -0.25) is 4.79 Å². The highest BCUT2D eigenvalue weighted by Crippen LogP contribution is 2.18. The number of halogens is 1. The zero-order chi connectivity index (χ0) is 11.4. The first-order chi connectivity index (χ1) is 7.81. The maximum Gasteiger partial charge on any atom is 0.225 e. The highest BCUT2D eigenvalue weighted by atomic mass is 79.9. The summed E-state index contributed by atoms with van der Waals surface area (Å²) in [6.07, 6.45) is 2.79. The van der Waals surface area contributed by atoms with Gasteiger partial charge in [0.25, 0.3) is 0 Å². The van der Waals surface area contributed by atoms with E-state index < -0.39 is 0 Å². The third-order valence-corrected chi connectivity index (χ3v) is 3.90. The van der Waals surface area contributed by atoms with E-state index in [2.05, 4.69) is 15.9 Å². The van der Waals surface area contributed by atoms with Crippen molar-refractivity contribution in [2.75, 3.05) is 31.7 Å². The molecule has 0 spiro atoms. The molecule has 2 heterocycles. The molecule has 0 radical (unpaired) electrons. The number of hydrogen-bond acceptors (Lipinski definition) is 3. The molecule has 0 aromatic heterocycles. The van der Waals surface area contributed by atoms with Crippen LogP contribution in [0.2, 0.25) is 0 Å². The Bertz CT molecular complexity index is 243. The molecular formula is C11H18BrNO3. The number of hydrogen-bond donors (Lipinski definition) is 0. The molecule has 0 aromatic carbocycles. The SMILES string of the molecule is O=C(CC1CCCO1)N1CCOCC1CBr. The molecule has 2 fully saturated rings. The van der Waals surface area contributed by atoms with Gasteiger partial charge in [0.2, 0.25) is 5.91 Å². The van der Waals surface area contributed by atoms with E-state index in [1.807, 2.05) is 4.90 Å². The first-order valence-electron chi connectivity index (χ1n) is 5.86. The third kappa shape index (κ3) is 2.96. The van der Waals surface area contributed by atoms with Crippen LogP contribution in [0.4, 0.5) is 0 Å². The first kappa shape index (κ1) is 12.3. The molecule has 0 aromatic rings. The Hall–Kier alpha value is -0.130. The second-order valence-electron chi connectivity index (χ2n) is 4.31. The van der Waals surface area contributed by atoms with Gasteiger partial charge >= 0.3 is 0 Å². The van der Waals surface area contributed by atoms with Crippen molar-refractivity contribution < 1.29 is 14.3 Å². The van der Waals surface area contributed by atoms with Gasteiger partial charge in [0.1, 0.15) is 0 Å². The number of nitrogens with zero attached hydrogens (tertiary/aromatic N) is 1. The molecule has 2 unspecified atom stereocenters. The van der Waals surface area contributed by atoms with Crippen molar-refractivity contribution in [3.05, 3.63) is 0 Å². The van der Waals surface area contributed by atoms with Crippen molar-refractivity contribution in [2.24, 2.45) is 0 Å². The van der Waals surface area contributed by atoms with Gasteiger partial charge in [0, 0.05) is 18.5 Å². The molecule has 16 heavy (non-hydrogen) atoms. The van der Waals surface area contributed by atoms with Crippen molar-refractivity contribution >= 4 is 21.8 Å². The van der Waals surface area contributed by atoms with Crippen LogP contribution in [-0.4, -0.2) is 54.6 Å². The maximum atomic E-state index is 12.1. The summed E-state index contributed by atoms with van der Waals surface area (Å²) in [6.45, 7) is 2.81. The largest absolute Gasteiger partial charge is 0.378 e. The van der Waals surface area contributed by atoms with Gasteiger partial charge in [0.05, 0.1) is 31.8 Å². The molecule has 0 saturated carbocycles. The number of morpholine rings is 1. The Morgan fingerprint density at radius 3 is 3.00 bits per heavy atom. The zero-order valence-electron chi connectivity index (χ0n) is 9.36. The lowest BCUT2D eigenvalue weighted by Gasteiger charge is -2.35. The third-order valence-electron chi connectivity index (χ3n) is 3.15. The van der Waals surface area contributed by atoms with Crippen molar-refractivity contribution in [3.8, 4) is 0 Å². The van der Waals surface area contributed by atoms with Gasteiger partial charge in [-0.05, 0) is 12.8 Å². The monoisotopic (exact) mass is 291 g/mol. The minimum Gasteiger partial charge on any atom is -0.378 e. The maximum absolute atomic E-state index is 12.1. The molecule has 2 atom stereocenters. The molecule has 1 amide bonds. The summed E-state index contributed by atoms with van der Waals surface area (Å²) in [4.78, 5) is 14.0. The Kier molecular flexibility index (Phi) is 4.61. The summed E-state index contributed by atoms with van der Waals surface area (Å²) < 4.78 is 10.9. The smallest absolute Gasteiger partial charge is 0.225 e.